The first kappa shape index (κ1) is 12.0. The molecule has 2 heterocycles. The largest absolute Gasteiger partial charge is 0.359 e. The molecule has 0 amide bonds. The van der Waals surface area contributed by atoms with Gasteiger partial charge in [0, 0.05) is 0 Å². The van der Waals surface area contributed by atoms with Crippen molar-refractivity contribution in [3.8, 4) is 22.3 Å². The van der Waals surface area contributed by atoms with E-state index in [0.29, 0.717) is 0 Å². The predicted octanol–water partition coefficient (Wildman–Crippen LogP) is 5.27. The van der Waals surface area contributed by atoms with E-state index in [0.717, 1.165) is 0 Å². The van der Waals surface area contributed by atoms with Crippen LogP contribution in [-0.4, -0.2) is 0 Å². The molecule has 2 saturated heterocycles. The Hall–Kier alpha value is -2.42. The van der Waals surface area contributed by atoms with Crippen LogP contribution < -0.4 is 0 Å². The van der Waals surface area contributed by atoms with E-state index >= 15 is 0 Å². The third kappa shape index (κ3) is 1.32. The fourth-order valence-electron chi connectivity index (χ4n) is 4.72. The molecule has 2 heteroatoms. The molecule has 0 spiro atoms. The van der Waals surface area contributed by atoms with Crippen molar-refractivity contribution >= 4 is 0 Å². The fraction of sp³-hybridized carbons (Fsp3) is 0.182. The van der Waals surface area contributed by atoms with Crippen molar-refractivity contribution < 1.29 is 9.47 Å². The average Bonchev–Trinajstić information content (AvgIpc) is 3.54. The molecule has 0 bridgehead atoms. The maximum atomic E-state index is 6.02. The number of hydrogen-bond acceptors (Lipinski definition) is 2. The molecule has 2 aliphatic heterocycles. The molecule has 114 valence electrons. The summed E-state index contributed by atoms with van der Waals surface area (Å²) in [6, 6.07) is 22.0. The van der Waals surface area contributed by atoms with Gasteiger partial charge in [0.15, 0.2) is 0 Å². The molecule has 0 radical (unpaired) electrons. The quantitative estimate of drug-likeness (QED) is 0.528. The summed E-state index contributed by atoms with van der Waals surface area (Å²) in [5.74, 6) is 0. The van der Waals surface area contributed by atoms with Crippen molar-refractivity contribution in [2.24, 2.45) is 0 Å². The van der Waals surface area contributed by atoms with Gasteiger partial charge in [-0.3, -0.25) is 0 Å². The number of fused-ring (bicyclic) bond motifs is 12. The van der Waals surface area contributed by atoms with Gasteiger partial charge >= 0.3 is 0 Å². The van der Waals surface area contributed by atoms with Crippen LogP contribution in [0.4, 0.5) is 0 Å². The minimum Gasteiger partial charge on any atom is -0.359 e. The van der Waals surface area contributed by atoms with E-state index in [4.69, 9.17) is 9.47 Å². The Morgan fingerprint density at radius 1 is 0.458 bits per heavy atom. The van der Waals surface area contributed by atoms with Gasteiger partial charge in [-0.2, -0.15) is 0 Å². The molecule has 24 heavy (non-hydrogen) atoms. The van der Waals surface area contributed by atoms with Gasteiger partial charge in [0.05, 0.1) is 0 Å². The number of benzene rings is 3. The van der Waals surface area contributed by atoms with Crippen LogP contribution in [-0.2, 0) is 9.47 Å². The molecule has 2 nitrogen and oxygen atoms in total. The van der Waals surface area contributed by atoms with Crippen molar-refractivity contribution in [3.63, 3.8) is 0 Å². The fourth-order valence-corrected chi connectivity index (χ4v) is 4.72. The van der Waals surface area contributed by atoms with Gasteiger partial charge < -0.3 is 9.47 Å². The Morgan fingerprint density at radius 3 is 1.38 bits per heavy atom. The molecule has 7 rings (SSSR count). The lowest BCUT2D eigenvalue weighted by Gasteiger charge is -2.22. The summed E-state index contributed by atoms with van der Waals surface area (Å²) >= 11 is 0. The SMILES string of the molecule is c1ccc2c(c1)-c1cc3c(cc1[C@@H]1O[C@H]21)-c1ccccc1[C@H]1O[C@@H]31. The molecule has 4 atom stereocenters. The summed E-state index contributed by atoms with van der Waals surface area (Å²) < 4.78 is 12.0. The van der Waals surface area contributed by atoms with Gasteiger partial charge in [-0.05, 0) is 56.6 Å². The van der Waals surface area contributed by atoms with Crippen LogP contribution in [0.2, 0.25) is 0 Å². The third-order valence-corrected chi connectivity index (χ3v) is 5.93. The molecule has 0 unspecified atom stereocenters. The molecule has 3 aromatic rings. The second-order valence-corrected chi connectivity index (χ2v) is 7.16. The lowest BCUT2D eigenvalue weighted by atomic mass is 9.78. The summed E-state index contributed by atoms with van der Waals surface area (Å²) in [4.78, 5) is 0. The van der Waals surface area contributed by atoms with Crippen LogP contribution in [0.25, 0.3) is 22.3 Å². The maximum absolute atomic E-state index is 6.02. The highest BCUT2D eigenvalue weighted by molar-refractivity contribution is 5.84. The summed E-state index contributed by atoms with van der Waals surface area (Å²) in [5.41, 5.74) is 10.7. The first-order valence-electron chi connectivity index (χ1n) is 8.57. The van der Waals surface area contributed by atoms with Crippen molar-refractivity contribution in [2.75, 3.05) is 0 Å². The van der Waals surface area contributed by atoms with E-state index in [1.165, 1.54) is 44.5 Å². The van der Waals surface area contributed by atoms with E-state index in [1.54, 1.807) is 0 Å². The second kappa shape index (κ2) is 3.80. The molecular formula is C22H14O2. The van der Waals surface area contributed by atoms with Gasteiger partial charge in [-0.15, -0.1) is 0 Å². The van der Waals surface area contributed by atoms with Crippen LogP contribution in [0.15, 0.2) is 60.7 Å². The van der Waals surface area contributed by atoms with Gasteiger partial charge in [-0.25, -0.2) is 0 Å². The van der Waals surface area contributed by atoms with E-state index in [2.05, 4.69) is 60.7 Å². The van der Waals surface area contributed by atoms with Crippen LogP contribution >= 0.6 is 0 Å². The third-order valence-electron chi connectivity index (χ3n) is 5.93. The molecule has 3 aromatic carbocycles. The molecule has 0 aromatic heterocycles. The summed E-state index contributed by atoms with van der Waals surface area (Å²) in [6.45, 7) is 0. The zero-order chi connectivity index (χ0) is 15.4. The van der Waals surface area contributed by atoms with Crippen LogP contribution in [0, 0.1) is 0 Å². The van der Waals surface area contributed by atoms with Gasteiger partial charge in [0.25, 0.3) is 0 Å². The van der Waals surface area contributed by atoms with Crippen molar-refractivity contribution in [1.29, 1.82) is 0 Å². The summed E-state index contributed by atoms with van der Waals surface area (Å²) in [7, 11) is 0. The van der Waals surface area contributed by atoms with E-state index in [1.807, 2.05) is 0 Å². The Morgan fingerprint density at radius 2 is 0.875 bits per heavy atom. The number of rotatable bonds is 0. The van der Waals surface area contributed by atoms with Crippen molar-refractivity contribution in [2.45, 2.75) is 24.4 Å². The molecule has 0 saturated carbocycles. The van der Waals surface area contributed by atoms with Gasteiger partial charge in [0.2, 0.25) is 0 Å². The highest BCUT2D eigenvalue weighted by Crippen LogP contribution is 2.64. The molecule has 4 aliphatic rings. The van der Waals surface area contributed by atoms with Gasteiger partial charge in [-0.1, -0.05) is 48.5 Å². The zero-order valence-corrected chi connectivity index (χ0v) is 12.9. The summed E-state index contributed by atoms with van der Waals surface area (Å²) in [5, 5.41) is 0. The first-order valence-corrected chi connectivity index (χ1v) is 8.57. The molecule has 2 fully saturated rings. The van der Waals surface area contributed by atoms with Gasteiger partial charge in [0.1, 0.15) is 24.4 Å². The van der Waals surface area contributed by atoms with Crippen LogP contribution in [0.3, 0.4) is 0 Å². The van der Waals surface area contributed by atoms with Crippen LogP contribution in [0.5, 0.6) is 0 Å². The standard InChI is InChI=1S/C22H14O2/c1-3-7-13-11(5-1)15-9-18-16(10-17(15)21-19(13)23-21)12-6-2-4-8-14(12)20-22(18)24-20/h1-10,19-22H/t19-,20-,21+,22+/m1/s1. The molecular weight excluding hydrogens is 296 g/mol. The Labute approximate surface area is 139 Å². The Kier molecular flexibility index (Phi) is 1.90. The number of ether oxygens (including phenoxy) is 2. The number of hydrogen-bond donors (Lipinski definition) is 0. The highest BCUT2D eigenvalue weighted by atomic mass is 16.6. The maximum Gasteiger partial charge on any atom is 0.114 e. The minimum absolute atomic E-state index is 0.227. The predicted molar refractivity (Wildman–Crippen MR) is 90.4 cm³/mol. The zero-order valence-electron chi connectivity index (χ0n) is 12.9. The second-order valence-electron chi connectivity index (χ2n) is 7.16. The molecule has 2 aliphatic carbocycles. The number of epoxide rings is 2. The Balaban J connectivity index is 1.55. The minimum atomic E-state index is 0.227. The molecule has 0 N–H and O–H groups in total. The van der Waals surface area contributed by atoms with E-state index < -0.39 is 0 Å². The van der Waals surface area contributed by atoms with E-state index in [9.17, 15) is 0 Å². The Bertz CT molecular complexity index is 966. The van der Waals surface area contributed by atoms with Crippen molar-refractivity contribution in [3.05, 3.63) is 82.9 Å². The van der Waals surface area contributed by atoms with Crippen LogP contribution in [0.1, 0.15) is 46.7 Å². The topological polar surface area (TPSA) is 25.1 Å². The highest BCUT2D eigenvalue weighted by Gasteiger charge is 2.51. The van der Waals surface area contributed by atoms with Crippen molar-refractivity contribution in [1.82, 2.24) is 0 Å². The monoisotopic (exact) mass is 310 g/mol. The summed E-state index contributed by atoms with van der Waals surface area (Å²) in [6.07, 6.45) is 0.946. The average molecular weight is 310 g/mol. The van der Waals surface area contributed by atoms with E-state index in [-0.39, 0.29) is 24.4 Å². The normalized spacial score (nSPS) is 29.3. The lowest BCUT2D eigenvalue weighted by Crippen LogP contribution is -2.05. The first-order chi connectivity index (χ1) is 11.9. The lowest BCUT2D eigenvalue weighted by molar-refractivity contribution is 0.379. The smallest absolute Gasteiger partial charge is 0.114 e.